The van der Waals surface area contributed by atoms with E-state index in [1.165, 1.54) is 13.8 Å². The van der Waals surface area contributed by atoms with Crippen LogP contribution in [0.1, 0.15) is 41.0 Å². The molecule has 0 aromatic rings. The highest BCUT2D eigenvalue weighted by Gasteiger charge is 2.60. The van der Waals surface area contributed by atoms with E-state index in [0.717, 1.165) is 6.92 Å². The van der Waals surface area contributed by atoms with Gasteiger partial charge in [0.15, 0.2) is 18.9 Å². The summed E-state index contributed by atoms with van der Waals surface area (Å²) >= 11 is 0. The Morgan fingerprint density at radius 1 is 0.786 bits per heavy atom. The third-order valence-corrected chi connectivity index (χ3v) is 10.3. The van der Waals surface area contributed by atoms with Crippen molar-refractivity contribution in [3.8, 4) is 0 Å². The van der Waals surface area contributed by atoms with Crippen molar-refractivity contribution in [2.24, 2.45) is 5.92 Å². The lowest BCUT2D eigenvalue weighted by Crippen LogP contribution is -2.70. The molecule has 4 aliphatic heterocycles. The smallest absolute Gasteiger partial charge is 0.364 e. The van der Waals surface area contributed by atoms with Crippen molar-refractivity contribution in [2.45, 2.75) is 169 Å². The second kappa shape index (κ2) is 19.5. The zero-order valence-corrected chi connectivity index (χ0v) is 31.4. The Morgan fingerprint density at radius 2 is 1.38 bits per heavy atom. The fourth-order valence-corrected chi connectivity index (χ4v) is 7.14. The van der Waals surface area contributed by atoms with Crippen LogP contribution in [0.15, 0.2) is 0 Å². The van der Waals surface area contributed by atoms with E-state index in [-0.39, 0.29) is 0 Å². The van der Waals surface area contributed by atoms with Crippen LogP contribution < -0.4 is 5.32 Å². The maximum absolute atomic E-state index is 12.8. The van der Waals surface area contributed by atoms with Gasteiger partial charge in [-0.05, 0) is 20.8 Å². The first kappa shape index (κ1) is 46.9. The molecule has 21 atom stereocenters. The number of carbonyl (C=O) groups excluding carboxylic acids is 1. The van der Waals surface area contributed by atoms with Crippen LogP contribution in [-0.2, 0) is 47.5 Å². The second-order valence-electron chi connectivity index (χ2n) is 14.8. The normalized spacial score (nSPS) is 45.9. The molecule has 0 spiro atoms. The molecule has 4 heterocycles. The van der Waals surface area contributed by atoms with Crippen molar-refractivity contribution in [1.29, 1.82) is 0 Å². The lowest BCUT2D eigenvalue weighted by molar-refractivity contribution is -0.392. The molecule has 0 aliphatic carbocycles. The maximum atomic E-state index is 12.8. The first-order chi connectivity index (χ1) is 26.2. The molecule has 23 nitrogen and oxygen atoms in total. The summed E-state index contributed by atoms with van der Waals surface area (Å²) in [5, 5.41) is 129. The van der Waals surface area contributed by atoms with E-state index in [2.05, 4.69) is 5.32 Å². The van der Waals surface area contributed by atoms with Crippen LogP contribution in [0.4, 0.5) is 0 Å². The Kier molecular flexibility index (Phi) is 16.3. The molecule has 0 saturated carbocycles. The minimum Gasteiger partial charge on any atom is -0.477 e. The Bertz CT molecular complexity index is 1280. The first-order valence-electron chi connectivity index (χ1n) is 18.3. The molecule has 4 saturated heterocycles. The topological polar surface area (TPSA) is 363 Å². The summed E-state index contributed by atoms with van der Waals surface area (Å²) in [6.07, 6.45) is -32.7. The lowest BCUT2D eigenvalue weighted by atomic mass is 9.84. The number of carbonyl (C=O) groups is 2. The molecule has 0 aromatic carbocycles. The monoisotopic (exact) mass is 819 g/mol. The molecule has 0 bridgehead atoms. The SMILES string of the molecule is CC(=O)NC1[C@H](OC(C)C)OC(CO)[C@@H](O[C@@H]2O[C@@H](C)[C@@H](O)C(O)C2O)[C@@H]1O[C@@H]1O[C@@H](CO)[C@H](O)C(O[C@]2(C(=O)O)C[C@@H](O)[C@@H](C)C([C@H](O)[C@H](O)CO)O2)C1O. The highest BCUT2D eigenvalue weighted by atomic mass is 16.8. The van der Waals surface area contributed by atoms with E-state index in [9.17, 15) is 70.9 Å². The molecule has 326 valence electrons. The van der Waals surface area contributed by atoms with E-state index in [1.54, 1.807) is 13.8 Å². The molecule has 0 radical (unpaired) electrons. The van der Waals surface area contributed by atoms with Crippen LogP contribution in [-0.4, -0.2) is 221 Å². The van der Waals surface area contributed by atoms with Gasteiger partial charge in [-0.2, -0.15) is 0 Å². The number of hydrogen-bond acceptors (Lipinski definition) is 21. The Labute approximate surface area is 321 Å². The fraction of sp³-hybridized carbons (Fsp3) is 0.939. The van der Waals surface area contributed by atoms with Crippen molar-refractivity contribution in [3.63, 3.8) is 0 Å². The van der Waals surface area contributed by atoms with Crippen molar-refractivity contribution >= 4 is 11.9 Å². The molecular formula is C33H57NO22. The van der Waals surface area contributed by atoms with Crippen molar-refractivity contribution in [1.82, 2.24) is 5.32 Å². The van der Waals surface area contributed by atoms with Gasteiger partial charge in [0.1, 0.15) is 79.3 Å². The summed E-state index contributed by atoms with van der Waals surface area (Å²) in [6, 6.07) is -1.41. The highest BCUT2D eigenvalue weighted by molar-refractivity contribution is 5.76. The molecule has 1 amide bonds. The molecule has 4 rings (SSSR count). The molecule has 13 N–H and O–H groups in total. The van der Waals surface area contributed by atoms with Crippen LogP contribution in [0.3, 0.4) is 0 Å². The van der Waals surface area contributed by atoms with Gasteiger partial charge in [0.25, 0.3) is 5.79 Å². The van der Waals surface area contributed by atoms with Crippen LogP contribution in [0.2, 0.25) is 0 Å². The summed E-state index contributed by atoms with van der Waals surface area (Å²) in [5.74, 6) is -6.56. The van der Waals surface area contributed by atoms with Gasteiger partial charge < -0.3 is 104 Å². The minimum atomic E-state index is -2.95. The summed E-state index contributed by atoms with van der Waals surface area (Å²) in [5.41, 5.74) is 0. The fourth-order valence-electron chi connectivity index (χ4n) is 7.14. The number of ether oxygens (including phenoxy) is 8. The summed E-state index contributed by atoms with van der Waals surface area (Å²) < 4.78 is 46.8. The maximum Gasteiger partial charge on any atom is 0.364 e. The molecule has 56 heavy (non-hydrogen) atoms. The van der Waals surface area contributed by atoms with E-state index in [4.69, 9.17) is 37.9 Å². The number of hydrogen-bond donors (Lipinski definition) is 13. The average Bonchev–Trinajstić information content (AvgIpc) is 3.14. The standard InChI is InChI=1S/C33H57NO22/c1-10(2)49-29-18(34-13(5)38)27(26(17(9-37)52-29)53-30-23(45)22(44)19(41)12(4)50-30)54-31-24(46)28(21(43)16(8-36)51-31)56-33(32(47)48)6-14(39)11(3)25(55-33)20(42)15(40)7-35/h10-12,14-31,35-37,39-46H,6-9H2,1-5H3,(H,34,38)(H,47,48)/t11-,12+,14-,15-,16+,17?,18?,19-,20-,21+,22?,23?,24?,25?,26-,27-,28?,29-,30+,31+,33+/m1/s1. The molecule has 23 heteroatoms. The zero-order chi connectivity index (χ0) is 42.0. The van der Waals surface area contributed by atoms with Crippen LogP contribution >= 0.6 is 0 Å². The Balaban J connectivity index is 1.75. The van der Waals surface area contributed by atoms with Gasteiger partial charge >= 0.3 is 5.97 Å². The predicted molar refractivity (Wildman–Crippen MR) is 178 cm³/mol. The highest BCUT2D eigenvalue weighted by Crippen LogP contribution is 2.40. The molecule has 4 fully saturated rings. The van der Waals surface area contributed by atoms with Crippen LogP contribution in [0.5, 0.6) is 0 Å². The van der Waals surface area contributed by atoms with Crippen LogP contribution in [0, 0.1) is 5.92 Å². The predicted octanol–water partition coefficient (Wildman–Crippen LogP) is -6.66. The minimum absolute atomic E-state index is 0.570. The molecule has 0 aromatic heterocycles. The van der Waals surface area contributed by atoms with Crippen molar-refractivity contribution in [2.75, 3.05) is 19.8 Å². The summed E-state index contributed by atoms with van der Waals surface area (Å²) in [6.45, 7) is 4.35. The number of aliphatic hydroxyl groups excluding tert-OH is 11. The first-order valence-corrected chi connectivity index (χ1v) is 18.3. The molecular weight excluding hydrogens is 762 g/mol. The lowest BCUT2D eigenvalue weighted by Gasteiger charge is -2.51. The quantitative estimate of drug-likeness (QED) is 0.0730. The van der Waals surface area contributed by atoms with Crippen LogP contribution in [0.25, 0.3) is 0 Å². The van der Waals surface area contributed by atoms with Gasteiger partial charge in [0.05, 0.1) is 44.2 Å². The Hall–Kier alpha value is -1.82. The van der Waals surface area contributed by atoms with Gasteiger partial charge in [-0.3, -0.25) is 4.79 Å². The second-order valence-corrected chi connectivity index (χ2v) is 14.8. The summed E-state index contributed by atoms with van der Waals surface area (Å²) in [7, 11) is 0. The van der Waals surface area contributed by atoms with Gasteiger partial charge in [-0.25, -0.2) is 4.79 Å². The van der Waals surface area contributed by atoms with Gasteiger partial charge in [-0.15, -0.1) is 0 Å². The number of carboxylic acids is 1. The van der Waals surface area contributed by atoms with E-state index < -0.39 is 172 Å². The number of rotatable bonds is 15. The number of aliphatic hydroxyl groups is 11. The third kappa shape index (κ3) is 9.95. The van der Waals surface area contributed by atoms with E-state index >= 15 is 0 Å². The number of nitrogens with one attached hydrogen (secondary N) is 1. The van der Waals surface area contributed by atoms with Gasteiger partial charge in [0, 0.05) is 19.3 Å². The molecule has 4 aliphatic rings. The van der Waals surface area contributed by atoms with E-state index in [1.807, 2.05) is 0 Å². The van der Waals surface area contributed by atoms with Gasteiger partial charge in [0.2, 0.25) is 5.91 Å². The largest absolute Gasteiger partial charge is 0.477 e. The summed E-state index contributed by atoms with van der Waals surface area (Å²) in [4.78, 5) is 25.4. The zero-order valence-electron chi connectivity index (χ0n) is 31.4. The third-order valence-electron chi connectivity index (χ3n) is 10.3. The van der Waals surface area contributed by atoms with Gasteiger partial charge in [-0.1, -0.05) is 6.92 Å². The van der Waals surface area contributed by atoms with Crippen molar-refractivity contribution < 1.29 is 109 Å². The number of carboxylic acid groups (broad SMARTS) is 1. The number of aliphatic carboxylic acids is 1. The van der Waals surface area contributed by atoms with Crippen molar-refractivity contribution in [3.05, 3.63) is 0 Å². The average molecular weight is 820 g/mol. The van der Waals surface area contributed by atoms with E-state index in [0.29, 0.717) is 0 Å². The molecule has 7 unspecified atom stereocenters. The number of amides is 1. The Morgan fingerprint density at radius 3 is 1.93 bits per heavy atom.